The highest BCUT2D eigenvalue weighted by atomic mass is 14.7. The lowest BCUT2D eigenvalue weighted by Crippen LogP contribution is -1.81. The number of aryl methyl sites for hydroxylation is 1. The molecule has 0 atom stereocenters. The summed E-state index contributed by atoms with van der Waals surface area (Å²) in [7, 11) is 0. The molecule has 1 heterocycles. The molecule has 0 aliphatic rings. The molecule has 80 valence electrons. The summed E-state index contributed by atoms with van der Waals surface area (Å²) in [4.78, 5) is 8.42. The maximum atomic E-state index is 4.39. The normalized spacial score (nSPS) is 10.8. The van der Waals surface area contributed by atoms with Gasteiger partial charge >= 0.3 is 0 Å². The second-order valence-corrected chi connectivity index (χ2v) is 3.56. The minimum Gasteiger partial charge on any atom is -0.264 e. The number of pyridine rings is 1. The molecule has 0 N–H and O–H groups in total. The highest BCUT2D eigenvalue weighted by Crippen LogP contribution is 2.13. The third-order valence-corrected chi connectivity index (χ3v) is 2.39. The van der Waals surface area contributed by atoms with Crippen molar-refractivity contribution >= 4 is 11.9 Å². The maximum Gasteiger partial charge on any atom is 0.0630 e. The molecular weight excluding hydrogens is 196 g/mol. The van der Waals surface area contributed by atoms with E-state index in [0.717, 1.165) is 17.7 Å². The summed E-state index contributed by atoms with van der Waals surface area (Å²) >= 11 is 0. The Balaban J connectivity index is 2.12. The molecule has 2 heteroatoms. The molecule has 0 aliphatic carbocycles. The number of aromatic nitrogens is 1. The van der Waals surface area contributed by atoms with Gasteiger partial charge in [-0.05, 0) is 30.2 Å². The van der Waals surface area contributed by atoms with Crippen LogP contribution in [0.5, 0.6) is 0 Å². The summed E-state index contributed by atoms with van der Waals surface area (Å²) in [5.74, 6) is 0. The van der Waals surface area contributed by atoms with Gasteiger partial charge in [0.05, 0.1) is 5.69 Å². The third kappa shape index (κ3) is 2.76. The molecular formula is C14H14N2. The van der Waals surface area contributed by atoms with Crippen LogP contribution in [0.3, 0.4) is 0 Å². The molecule has 0 saturated carbocycles. The molecule has 1 aromatic heterocycles. The van der Waals surface area contributed by atoms with Crippen LogP contribution in [0.4, 0.5) is 5.69 Å². The fraction of sp³-hybridized carbons (Fsp3) is 0.143. The van der Waals surface area contributed by atoms with Crippen LogP contribution in [0.15, 0.2) is 53.8 Å². The van der Waals surface area contributed by atoms with Crippen molar-refractivity contribution in [2.24, 2.45) is 4.99 Å². The van der Waals surface area contributed by atoms with Gasteiger partial charge in [0, 0.05) is 24.2 Å². The van der Waals surface area contributed by atoms with Crippen LogP contribution in [0, 0.1) is 0 Å². The number of nitrogens with zero attached hydrogens (tertiary/aromatic N) is 2. The van der Waals surface area contributed by atoms with Crippen molar-refractivity contribution in [2.75, 3.05) is 0 Å². The molecule has 0 radical (unpaired) electrons. The van der Waals surface area contributed by atoms with Gasteiger partial charge in [0.2, 0.25) is 0 Å². The molecule has 2 rings (SSSR count). The third-order valence-electron chi connectivity index (χ3n) is 2.39. The molecule has 0 aliphatic heterocycles. The molecule has 0 spiro atoms. The van der Waals surface area contributed by atoms with Gasteiger partial charge < -0.3 is 0 Å². The molecule has 0 bridgehead atoms. The van der Waals surface area contributed by atoms with Gasteiger partial charge in [-0.3, -0.25) is 9.98 Å². The highest BCUT2D eigenvalue weighted by molar-refractivity contribution is 5.81. The topological polar surface area (TPSA) is 25.2 Å². The van der Waals surface area contributed by atoms with E-state index in [9.17, 15) is 0 Å². The molecule has 0 fully saturated rings. The Morgan fingerprint density at radius 2 is 2.00 bits per heavy atom. The summed E-state index contributed by atoms with van der Waals surface area (Å²) in [5, 5.41) is 0. The lowest BCUT2D eigenvalue weighted by Gasteiger charge is -1.97. The quantitative estimate of drug-likeness (QED) is 0.713. The first-order valence-corrected chi connectivity index (χ1v) is 5.41. The Kier molecular flexibility index (Phi) is 3.44. The zero-order valence-electron chi connectivity index (χ0n) is 9.30. The van der Waals surface area contributed by atoms with Crippen LogP contribution in [-0.4, -0.2) is 11.2 Å². The van der Waals surface area contributed by atoms with Gasteiger partial charge in [0.25, 0.3) is 0 Å². The monoisotopic (exact) mass is 210 g/mol. The van der Waals surface area contributed by atoms with E-state index in [1.165, 1.54) is 5.56 Å². The first-order valence-electron chi connectivity index (χ1n) is 5.41. The van der Waals surface area contributed by atoms with Gasteiger partial charge in [-0.15, -0.1) is 0 Å². The van der Waals surface area contributed by atoms with Gasteiger partial charge in [-0.25, -0.2) is 0 Å². The van der Waals surface area contributed by atoms with Crippen molar-refractivity contribution in [3.8, 4) is 0 Å². The van der Waals surface area contributed by atoms with E-state index in [2.05, 4.69) is 29.0 Å². The second kappa shape index (κ2) is 5.21. The van der Waals surface area contributed by atoms with E-state index < -0.39 is 0 Å². The average Bonchev–Trinajstić information content (AvgIpc) is 2.38. The lowest BCUT2D eigenvalue weighted by atomic mass is 10.1. The zero-order chi connectivity index (χ0) is 11.2. The van der Waals surface area contributed by atoms with Crippen molar-refractivity contribution in [3.05, 3.63) is 59.9 Å². The highest BCUT2D eigenvalue weighted by Gasteiger charge is 1.90. The van der Waals surface area contributed by atoms with Gasteiger partial charge in [-0.2, -0.15) is 0 Å². The molecule has 2 aromatic rings. The molecule has 0 amide bonds. The van der Waals surface area contributed by atoms with E-state index >= 15 is 0 Å². The Bertz CT molecular complexity index is 458. The average molecular weight is 210 g/mol. The van der Waals surface area contributed by atoms with Crippen LogP contribution < -0.4 is 0 Å². The predicted octanol–water partition coefficient (Wildman–Crippen LogP) is 3.39. The number of hydrogen-bond acceptors (Lipinski definition) is 2. The zero-order valence-corrected chi connectivity index (χ0v) is 9.30. The first kappa shape index (κ1) is 10.6. The SMILES string of the molecule is CCc1ccc(N=Cc2cccnc2)cc1. The predicted molar refractivity (Wildman–Crippen MR) is 67.3 cm³/mol. The first-order chi connectivity index (χ1) is 7.88. The van der Waals surface area contributed by atoms with Gasteiger partial charge in [-0.1, -0.05) is 25.1 Å². The Labute approximate surface area is 95.7 Å². The standard InChI is InChI=1S/C14H14N2/c1-2-12-5-7-14(8-6-12)16-11-13-4-3-9-15-10-13/h3-11H,2H2,1H3. The van der Waals surface area contributed by atoms with Crippen LogP contribution in [-0.2, 0) is 6.42 Å². The van der Waals surface area contributed by atoms with Crippen molar-refractivity contribution in [1.29, 1.82) is 0 Å². The molecule has 1 aromatic carbocycles. The van der Waals surface area contributed by atoms with Crippen molar-refractivity contribution in [3.63, 3.8) is 0 Å². The van der Waals surface area contributed by atoms with E-state index in [0.29, 0.717) is 0 Å². The largest absolute Gasteiger partial charge is 0.264 e. The van der Waals surface area contributed by atoms with E-state index in [1.54, 1.807) is 12.4 Å². The summed E-state index contributed by atoms with van der Waals surface area (Å²) in [6.45, 7) is 2.15. The van der Waals surface area contributed by atoms with Gasteiger partial charge in [0.15, 0.2) is 0 Å². The van der Waals surface area contributed by atoms with Crippen LogP contribution >= 0.6 is 0 Å². The second-order valence-electron chi connectivity index (χ2n) is 3.56. The Hall–Kier alpha value is -1.96. The fourth-order valence-electron chi connectivity index (χ4n) is 1.42. The summed E-state index contributed by atoms with van der Waals surface area (Å²) in [6, 6.07) is 12.2. The molecule has 16 heavy (non-hydrogen) atoms. The number of hydrogen-bond donors (Lipinski definition) is 0. The molecule has 0 unspecified atom stereocenters. The van der Waals surface area contributed by atoms with E-state index in [4.69, 9.17) is 0 Å². The minimum absolute atomic E-state index is 0.973. The number of rotatable bonds is 3. The van der Waals surface area contributed by atoms with Crippen LogP contribution in [0.25, 0.3) is 0 Å². The molecule has 2 nitrogen and oxygen atoms in total. The minimum atomic E-state index is 0.973. The Morgan fingerprint density at radius 1 is 1.19 bits per heavy atom. The molecule has 0 saturated heterocycles. The van der Waals surface area contributed by atoms with Crippen LogP contribution in [0.1, 0.15) is 18.1 Å². The maximum absolute atomic E-state index is 4.39. The number of benzene rings is 1. The van der Waals surface area contributed by atoms with E-state index in [-0.39, 0.29) is 0 Å². The van der Waals surface area contributed by atoms with E-state index in [1.807, 2.05) is 30.5 Å². The van der Waals surface area contributed by atoms with Gasteiger partial charge in [0.1, 0.15) is 0 Å². The fourth-order valence-corrected chi connectivity index (χ4v) is 1.42. The summed E-state index contributed by atoms with van der Waals surface area (Å²) in [6.07, 6.45) is 6.44. The lowest BCUT2D eigenvalue weighted by molar-refractivity contribution is 1.14. The Morgan fingerprint density at radius 3 is 2.62 bits per heavy atom. The van der Waals surface area contributed by atoms with Crippen LogP contribution in [0.2, 0.25) is 0 Å². The summed E-state index contributed by atoms with van der Waals surface area (Å²) < 4.78 is 0. The van der Waals surface area contributed by atoms with Crippen molar-refractivity contribution < 1.29 is 0 Å². The number of aliphatic imine (C=N–C) groups is 1. The van der Waals surface area contributed by atoms with Crippen molar-refractivity contribution in [1.82, 2.24) is 4.98 Å². The summed E-state index contributed by atoms with van der Waals surface area (Å²) in [5.41, 5.74) is 3.32. The smallest absolute Gasteiger partial charge is 0.0630 e. The van der Waals surface area contributed by atoms with Crippen molar-refractivity contribution in [2.45, 2.75) is 13.3 Å².